The molecule has 0 bridgehead atoms. The number of aryl methyl sites for hydroxylation is 1. The van der Waals surface area contributed by atoms with E-state index in [1.165, 1.54) is 28.9 Å². The van der Waals surface area contributed by atoms with Crippen molar-refractivity contribution >= 4 is 28.8 Å². The molecule has 0 N–H and O–H groups in total. The van der Waals surface area contributed by atoms with Crippen LogP contribution in [0, 0.1) is 5.82 Å². The molecule has 6 nitrogen and oxygen atoms in total. The van der Waals surface area contributed by atoms with Crippen LogP contribution in [-0.4, -0.2) is 43.7 Å². The Balaban J connectivity index is 1.51. The molecule has 3 aromatic rings. The Morgan fingerprint density at radius 3 is 2.96 bits per heavy atom. The highest BCUT2D eigenvalue weighted by Crippen LogP contribution is 2.34. The molecule has 28 heavy (non-hydrogen) atoms. The molecule has 3 heterocycles. The highest BCUT2D eigenvalue weighted by atomic mass is 32.1. The molecule has 4 rings (SSSR count). The number of nitrogens with zero attached hydrogens (tertiary/aromatic N) is 5. The fourth-order valence-corrected chi connectivity index (χ4v) is 5.09. The van der Waals surface area contributed by atoms with E-state index in [-0.39, 0.29) is 17.6 Å². The summed E-state index contributed by atoms with van der Waals surface area (Å²) >= 11 is 2.58. The first-order chi connectivity index (χ1) is 13.7. The highest BCUT2D eigenvalue weighted by Gasteiger charge is 2.30. The van der Waals surface area contributed by atoms with Crippen LogP contribution in [0.3, 0.4) is 0 Å². The van der Waals surface area contributed by atoms with Crippen LogP contribution in [0.15, 0.2) is 24.3 Å². The number of hydrogen-bond donors (Lipinski definition) is 0. The maximum Gasteiger partial charge on any atom is 0.267 e. The second-order valence-corrected chi connectivity index (χ2v) is 8.58. The molecule has 1 saturated heterocycles. The zero-order chi connectivity index (χ0) is 19.5. The van der Waals surface area contributed by atoms with Crippen molar-refractivity contribution in [1.82, 2.24) is 24.7 Å². The molecule has 0 spiro atoms. The maximum atomic E-state index is 14.0. The molecule has 9 heteroatoms. The van der Waals surface area contributed by atoms with E-state index in [1.54, 1.807) is 18.2 Å². The Morgan fingerprint density at radius 2 is 2.14 bits per heavy atom. The molecule has 1 aliphatic rings. The molecule has 1 unspecified atom stereocenters. The number of carbonyl (C=O) groups is 1. The van der Waals surface area contributed by atoms with Crippen LogP contribution in [0.4, 0.5) is 4.39 Å². The number of amides is 1. The molecular formula is C19H20FN5OS2. The van der Waals surface area contributed by atoms with E-state index in [9.17, 15) is 9.18 Å². The predicted molar refractivity (Wildman–Crippen MR) is 107 cm³/mol. The zero-order valence-corrected chi connectivity index (χ0v) is 17.1. The van der Waals surface area contributed by atoms with Gasteiger partial charge in [-0.05, 0) is 42.9 Å². The molecule has 0 radical (unpaired) electrons. The van der Waals surface area contributed by atoms with Gasteiger partial charge in [-0.3, -0.25) is 4.79 Å². The van der Waals surface area contributed by atoms with Gasteiger partial charge in [0.1, 0.15) is 15.7 Å². The SMILES string of the molecule is CCCc1nnsc1C(=O)N1CCCC(c2nnc(-c3ccccc3F)s2)C1. The average molecular weight is 418 g/mol. The van der Waals surface area contributed by atoms with Gasteiger partial charge in [0.05, 0.1) is 5.69 Å². The molecule has 146 valence electrons. The van der Waals surface area contributed by atoms with Crippen molar-refractivity contribution in [3.63, 3.8) is 0 Å². The number of likely N-dealkylation sites (tertiary alicyclic amines) is 1. The fraction of sp³-hybridized carbons (Fsp3) is 0.421. The first-order valence-corrected chi connectivity index (χ1v) is 10.9. The van der Waals surface area contributed by atoms with Gasteiger partial charge in [0.2, 0.25) is 0 Å². The highest BCUT2D eigenvalue weighted by molar-refractivity contribution is 7.14. The number of benzene rings is 1. The summed E-state index contributed by atoms with van der Waals surface area (Å²) < 4.78 is 18.0. The molecule has 1 fully saturated rings. The number of piperidine rings is 1. The monoisotopic (exact) mass is 417 g/mol. The van der Waals surface area contributed by atoms with Crippen LogP contribution in [-0.2, 0) is 6.42 Å². The lowest BCUT2D eigenvalue weighted by atomic mass is 9.98. The predicted octanol–water partition coefficient (Wildman–Crippen LogP) is 4.17. The lowest BCUT2D eigenvalue weighted by Crippen LogP contribution is -2.39. The van der Waals surface area contributed by atoms with E-state index in [0.717, 1.165) is 42.9 Å². The average Bonchev–Trinajstić information content (AvgIpc) is 3.38. The van der Waals surface area contributed by atoms with Gasteiger partial charge in [-0.2, -0.15) is 0 Å². The zero-order valence-electron chi connectivity index (χ0n) is 15.5. The first kappa shape index (κ1) is 19.1. The third kappa shape index (κ3) is 3.81. The van der Waals surface area contributed by atoms with Crippen molar-refractivity contribution in [3.8, 4) is 10.6 Å². The van der Waals surface area contributed by atoms with Crippen molar-refractivity contribution < 1.29 is 9.18 Å². The van der Waals surface area contributed by atoms with Crippen molar-refractivity contribution in [2.75, 3.05) is 13.1 Å². The molecule has 1 aliphatic heterocycles. The Kier molecular flexibility index (Phi) is 5.72. The number of carbonyl (C=O) groups excluding carboxylic acids is 1. The van der Waals surface area contributed by atoms with Gasteiger partial charge in [0, 0.05) is 24.6 Å². The summed E-state index contributed by atoms with van der Waals surface area (Å²) in [6.45, 7) is 3.37. The number of hydrogen-bond acceptors (Lipinski definition) is 7. The summed E-state index contributed by atoms with van der Waals surface area (Å²) in [5.41, 5.74) is 1.26. The third-order valence-corrected chi connectivity index (χ3v) is 6.71. The molecule has 0 saturated carbocycles. The van der Waals surface area contributed by atoms with E-state index in [4.69, 9.17) is 0 Å². The minimum atomic E-state index is -0.299. The maximum absolute atomic E-state index is 14.0. The minimum absolute atomic E-state index is 0.00184. The summed E-state index contributed by atoms with van der Waals surface area (Å²) in [6.07, 6.45) is 3.54. The van der Waals surface area contributed by atoms with Gasteiger partial charge in [-0.15, -0.1) is 15.3 Å². The van der Waals surface area contributed by atoms with Gasteiger partial charge in [-0.25, -0.2) is 4.39 Å². The van der Waals surface area contributed by atoms with Crippen LogP contribution >= 0.6 is 22.9 Å². The largest absolute Gasteiger partial charge is 0.337 e. The standard InChI is InChI=1S/C19H20FN5OS2/c1-2-6-15-16(28-24-21-15)19(26)25-10-5-7-12(11-25)17-22-23-18(27-17)13-8-3-4-9-14(13)20/h3-4,8-9,12H,2,5-7,10-11H2,1H3. The smallest absolute Gasteiger partial charge is 0.267 e. The van der Waals surface area contributed by atoms with Crippen molar-refractivity contribution in [2.45, 2.75) is 38.5 Å². The van der Waals surface area contributed by atoms with Gasteiger partial charge < -0.3 is 4.90 Å². The Labute approximate surface area is 170 Å². The molecular weight excluding hydrogens is 397 g/mol. The Morgan fingerprint density at radius 1 is 1.29 bits per heavy atom. The first-order valence-electron chi connectivity index (χ1n) is 9.36. The van der Waals surface area contributed by atoms with Gasteiger partial charge in [-0.1, -0.05) is 41.3 Å². The van der Waals surface area contributed by atoms with Crippen molar-refractivity contribution in [3.05, 3.63) is 45.7 Å². The quantitative estimate of drug-likeness (QED) is 0.623. The normalized spacial score (nSPS) is 17.1. The molecule has 1 aromatic carbocycles. The third-order valence-electron chi connectivity index (χ3n) is 4.84. The van der Waals surface area contributed by atoms with Crippen LogP contribution in [0.1, 0.15) is 52.5 Å². The van der Waals surface area contributed by atoms with Gasteiger partial charge in [0.25, 0.3) is 5.91 Å². The van der Waals surface area contributed by atoms with Gasteiger partial charge >= 0.3 is 0 Å². The minimum Gasteiger partial charge on any atom is -0.337 e. The van der Waals surface area contributed by atoms with E-state index >= 15 is 0 Å². The number of halogens is 1. The Bertz CT molecular complexity index is 973. The number of aromatic nitrogens is 4. The fourth-order valence-electron chi connectivity index (χ4n) is 3.42. The van der Waals surface area contributed by atoms with Crippen molar-refractivity contribution in [1.29, 1.82) is 0 Å². The lowest BCUT2D eigenvalue weighted by molar-refractivity contribution is 0.0710. The van der Waals surface area contributed by atoms with E-state index in [1.807, 2.05) is 4.90 Å². The van der Waals surface area contributed by atoms with Crippen LogP contribution < -0.4 is 0 Å². The molecule has 0 aliphatic carbocycles. The van der Waals surface area contributed by atoms with E-state index in [0.29, 0.717) is 22.0 Å². The van der Waals surface area contributed by atoms with Crippen LogP contribution in [0.5, 0.6) is 0 Å². The Hall–Kier alpha value is -2.26. The van der Waals surface area contributed by atoms with Gasteiger partial charge in [0.15, 0.2) is 5.01 Å². The number of rotatable bonds is 5. The van der Waals surface area contributed by atoms with Crippen LogP contribution in [0.2, 0.25) is 0 Å². The van der Waals surface area contributed by atoms with E-state index < -0.39 is 0 Å². The second kappa shape index (κ2) is 8.40. The van der Waals surface area contributed by atoms with Crippen LogP contribution in [0.25, 0.3) is 10.6 Å². The summed E-state index contributed by atoms with van der Waals surface area (Å²) in [5.74, 6) is -0.181. The van der Waals surface area contributed by atoms with E-state index in [2.05, 4.69) is 26.7 Å². The van der Waals surface area contributed by atoms with Crippen molar-refractivity contribution in [2.24, 2.45) is 0 Å². The summed E-state index contributed by atoms with van der Waals surface area (Å²) in [6, 6.07) is 6.58. The summed E-state index contributed by atoms with van der Waals surface area (Å²) in [7, 11) is 0. The summed E-state index contributed by atoms with van der Waals surface area (Å²) in [4.78, 5) is 15.5. The molecule has 2 aromatic heterocycles. The summed E-state index contributed by atoms with van der Waals surface area (Å²) in [5, 5.41) is 14.0. The topological polar surface area (TPSA) is 71.9 Å². The molecule has 1 amide bonds. The lowest BCUT2D eigenvalue weighted by Gasteiger charge is -2.31. The molecule has 1 atom stereocenters. The second-order valence-electron chi connectivity index (χ2n) is 6.81.